The van der Waals surface area contributed by atoms with Crippen molar-refractivity contribution < 1.29 is 26.3 Å². The van der Waals surface area contributed by atoms with Gasteiger partial charge in [0, 0.05) is 6.54 Å². The van der Waals surface area contributed by atoms with E-state index in [0.29, 0.717) is 16.7 Å². The van der Waals surface area contributed by atoms with E-state index in [1.165, 1.54) is 0 Å². The highest BCUT2D eigenvalue weighted by molar-refractivity contribution is 7.89. The SMILES string of the molecule is Cc1ccc(S(=O)(=O)NCc2ccc(COCC(F)(F)F)cc2)c(C)c1. The summed E-state index contributed by atoms with van der Waals surface area (Å²) in [6.45, 7) is 2.24. The molecule has 2 aromatic carbocycles. The lowest BCUT2D eigenvalue weighted by Crippen LogP contribution is -2.24. The molecule has 0 unspecified atom stereocenters. The zero-order valence-electron chi connectivity index (χ0n) is 14.4. The third kappa shape index (κ3) is 6.12. The summed E-state index contributed by atoms with van der Waals surface area (Å²) in [7, 11) is -3.65. The quantitative estimate of drug-likeness (QED) is 0.785. The van der Waals surface area contributed by atoms with Crippen molar-refractivity contribution in [2.75, 3.05) is 6.61 Å². The van der Waals surface area contributed by atoms with Gasteiger partial charge in [-0.1, -0.05) is 42.0 Å². The molecule has 26 heavy (non-hydrogen) atoms. The average molecular weight is 387 g/mol. The van der Waals surface area contributed by atoms with E-state index in [2.05, 4.69) is 9.46 Å². The summed E-state index contributed by atoms with van der Waals surface area (Å²) in [5.74, 6) is 0. The number of halogens is 3. The van der Waals surface area contributed by atoms with Crippen LogP contribution in [0.4, 0.5) is 13.2 Å². The van der Waals surface area contributed by atoms with E-state index < -0.39 is 22.8 Å². The fraction of sp³-hybridized carbons (Fsp3) is 0.333. The summed E-state index contributed by atoms with van der Waals surface area (Å²) in [4.78, 5) is 0.222. The largest absolute Gasteiger partial charge is 0.411 e. The fourth-order valence-electron chi connectivity index (χ4n) is 2.39. The van der Waals surface area contributed by atoms with Gasteiger partial charge < -0.3 is 4.74 Å². The maximum atomic E-state index is 12.4. The van der Waals surface area contributed by atoms with Crippen molar-refractivity contribution in [1.82, 2.24) is 4.72 Å². The third-order valence-electron chi connectivity index (χ3n) is 3.64. The number of nitrogens with one attached hydrogen (secondary N) is 1. The summed E-state index contributed by atoms with van der Waals surface area (Å²) in [6, 6.07) is 11.6. The Morgan fingerprint density at radius 3 is 2.19 bits per heavy atom. The minimum absolute atomic E-state index is 0.0827. The summed E-state index contributed by atoms with van der Waals surface area (Å²) >= 11 is 0. The van der Waals surface area contributed by atoms with Crippen molar-refractivity contribution in [3.05, 3.63) is 64.7 Å². The molecule has 0 heterocycles. The Bertz CT molecular complexity index is 847. The van der Waals surface area contributed by atoms with Gasteiger partial charge in [-0.25, -0.2) is 13.1 Å². The van der Waals surface area contributed by atoms with Crippen LogP contribution in [0.15, 0.2) is 47.4 Å². The average Bonchev–Trinajstić information content (AvgIpc) is 2.52. The molecule has 2 aromatic rings. The smallest absolute Gasteiger partial charge is 0.367 e. The molecule has 1 N–H and O–H groups in total. The summed E-state index contributed by atoms with van der Waals surface area (Å²) < 4.78 is 68.0. The summed E-state index contributed by atoms with van der Waals surface area (Å²) in [5.41, 5.74) is 2.91. The van der Waals surface area contributed by atoms with E-state index in [4.69, 9.17) is 0 Å². The topological polar surface area (TPSA) is 55.4 Å². The van der Waals surface area contributed by atoms with Crippen LogP contribution in [0, 0.1) is 13.8 Å². The first kappa shape index (κ1) is 20.4. The van der Waals surface area contributed by atoms with Gasteiger partial charge in [-0.05, 0) is 36.6 Å². The van der Waals surface area contributed by atoms with Gasteiger partial charge in [0.1, 0.15) is 6.61 Å². The van der Waals surface area contributed by atoms with Crippen LogP contribution in [0.3, 0.4) is 0 Å². The van der Waals surface area contributed by atoms with Crippen molar-refractivity contribution >= 4 is 10.0 Å². The molecule has 8 heteroatoms. The maximum Gasteiger partial charge on any atom is 0.411 e. The Morgan fingerprint density at radius 2 is 1.62 bits per heavy atom. The molecular formula is C18H20F3NO3S. The van der Waals surface area contributed by atoms with Gasteiger partial charge in [-0.15, -0.1) is 0 Å². The fourth-order valence-corrected chi connectivity index (χ4v) is 3.64. The minimum Gasteiger partial charge on any atom is -0.367 e. The standard InChI is InChI=1S/C18H20F3NO3S/c1-13-3-8-17(14(2)9-13)26(23,24)22-10-15-4-6-16(7-5-15)11-25-12-18(19,20)21/h3-9,22H,10-12H2,1-2H3. The molecule has 0 aliphatic carbocycles. The van der Waals surface area contributed by atoms with Crippen LogP contribution in [-0.2, 0) is 27.9 Å². The van der Waals surface area contributed by atoms with Crippen LogP contribution in [0.2, 0.25) is 0 Å². The highest BCUT2D eigenvalue weighted by atomic mass is 32.2. The van der Waals surface area contributed by atoms with Crippen LogP contribution in [0.25, 0.3) is 0 Å². The van der Waals surface area contributed by atoms with Crippen molar-refractivity contribution in [3.63, 3.8) is 0 Å². The van der Waals surface area contributed by atoms with Crippen molar-refractivity contribution in [3.8, 4) is 0 Å². The molecule has 0 saturated carbocycles. The molecule has 0 fully saturated rings. The van der Waals surface area contributed by atoms with Gasteiger partial charge in [0.05, 0.1) is 11.5 Å². The number of rotatable bonds is 7. The van der Waals surface area contributed by atoms with Crippen molar-refractivity contribution in [1.29, 1.82) is 0 Å². The number of sulfonamides is 1. The summed E-state index contributed by atoms with van der Waals surface area (Å²) in [5, 5.41) is 0. The van der Waals surface area contributed by atoms with E-state index in [0.717, 1.165) is 5.56 Å². The molecule has 0 aliphatic rings. The number of hydrogen-bond acceptors (Lipinski definition) is 3. The Balaban J connectivity index is 1.94. The second kappa shape index (κ2) is 8.20. The molecule has 0 amide bonds. The maximum absolute atomic E-state index is 12.4. The number of benzene rings is 2. The number of alkyl halides is 3. The highest BCUT2D eigenvalue weighted by Gasteiger charge is 2.27. The van der Waals surface area contributed by atoms with Gasteiger partial charge in [-0.3, -0.25) is 0 Å². The predicted octanol–water partition coefficient (Wildman–Crippen LogP) is 3.86. The van der Waals surface area contributed by atoms with Crippen LogP contribution in [-0.4, -0.2) is 21.2 Å². The normalized spacial score (nSPS) is 12.3. The number of aryl methyl sites for hydroxylation is 2. The number of ether oxygens (including phenoxy) is 1. The van der Waals surface area contributed by atoms with E-state index in [1.807, 2.05) is 6.92 Å². The van der Waals surface area contributed by atoms with Crippen LogP contribution in [0.5, 0.6) is 0 Å². The predicted molar refractivity (Wildman–Crippen MR) is 92.1 cm³/mol. The molecule has 0 spiro atoms. The first-order chi connectivity index (χ1) is 12.1. The van der Waals surface area contributed by atoms with Gasteiger partial charge in [0.25, 0.3) is 0 Å². The molecule has 2 rings (SSSR count). The first-order valence-electron chi connectivity index (χ1n) is 7.86. The highest BCUT2D eigenvalue weighted by Crippen LogP contribution is 2.18. The Hall–Kier alpha value is -1.90. The van der Waals surface area contributed by atoms with Gasteiger partial charge in [0.15, 0.2) is 0 Å². The van der Waals surface area contributed by atoms with Gasteiger partial charge in [0.2, 0.25) is 10.0 Å². The third-order valence-corrected chi connectivity index (χ3v) is 5.21. The van der Waals surface area contributed by atoms with Crippen LogP contribution < -0.4 is 4.72 Å². The van der Waals surface area contributed by atoms with E-state index in [1.54, 1.807) is 49.4 Å². The minimum atomic E-state index is -4.35. The second-order valence-corrected chi connectivity index (χ2v) is 7.75. The molecule has 0 aliphatic heterocycles. The van der Waals surface area contributed by atoms with Gasteiger partial charge >= 0.3 is 6.18 Å². The lowest BCUT2D eigenvalue weighted by molar-refractivity contribution is -0.176. The molecule has 0 atom stereocenters. The van der Waals surface area contributed by atoms with Crippen molar-refractivity contribution in [2.45, 2.75) is 38.1 Å². The van der Waals surface area contributed by atoms with E-state index in [9.17, 15) is 21.6 Å². The van der Waals surface area contributed by atoms with E-state index >= 15 is 0 Å². The van der Waals surface area contributed by atoms with Crippen LogP contribution in [0.1, 0.15) is 22.3 Å². The zero-order valence-corrected chi connectivity index (χ0v) is 15.2. The Kier molecular flexibility index (Phi) is 6.44. The molecule has 0 radical (unpaired) electrons. The lowest BCUT2D eigenvalue weighted by Gasteiger charge is -2.11. The van der Waals surface area contributed by atoms with Gasteiger partial charge in [-0.2, -0.15) is 13.2 Å². The second-order valence-electron chi connectivity index (χ2n) is 6.02. The monoisotopic (exact) mass is 387 g/mol. The molecular weight excluding hydrogens is 367 g/mol. The van der Waals surface area contributed by atoms with E-state index in [-0.39, 0.29) is 18.0 Å². The number of hydrogen-bond donors (Lipinski definition) is 1. The molecule has 0 aromatic heterocycles. The molecule has 142 valence electrons. The Labute approximate surface area is 151 Å². The molecule has 0 bridgehead atoms. The van der Waals surface area contributed by atoms with Crippen LogP contribution >= 0.6 is 0 Å². The molecule has 0 saturated heterocycles. The first-order valence-corrected chi connectivity index (χ1v) is 9.34. The lowest BCUT2D eigenvalue weighted by atomic mass is 10.1. The summed E-state index contributed by atoms with van der Waals surface area (Å²) in [6.07, 6.45) is -4.35. The zero-order chi connectivity index (χ0) is 19.4. The Morgan fingerprint density at radius 1 is 1.00 bits per heavy atom. The molecule has 4 nitrogen and oxygen atoms in total. The van der Waals surface area contributed by atoms with Crippen molar-refractivity contribution in [2.24, 2.45) is 0 Å².